The van der Waals surface area contributed by atoms with Crippen molar-refractivity contribution in [3.63, 3.8) is 0 Å². The molecule has 27 heavy (non-hydrogen) atoms. The number of hydrogen-bond acceptors (Lipinski definition) is 3. The van der Waals surface area contributed by atoms with E-state index in [4.69, 9.17) is 11.6 Å². The third-order valence-corrected chi connectivity index (χ3v) is 2.67. The summed E-state index contributed by atoms with van der Waals surface area (Å²) in [6, 6.07) is 7.93. The molecule has 1 aromatic carbocycles. The number of amides is 1. The summed E-state index contributed by atoms with van der Waals surface area (Å²) >= 11 is 5.72. The maximum atomic E-state index is 11.2. The summed E-state index contributed by atoms with van der Waals surface area (Å²) in [7, 11) is 0. The molecular formula is C22H38ClN3O. The Morgan fingerprint density at radius 2 is 1.70 bits per heavy atom. The van der Waals surface area contributed by atoms with E-state index in [1.165, 1.54) is 11.6 Å². The Labute approximate surface area is 171 Å². The van der Waals surface area contributed by atoms with E-state index in [0.717, 1.165) is 22.7 Å². The average Bonchev–Trinajstić information content (AvgIpc) is 2.63. The van der Waals surface area contributed by atoms with Crippen LogP contribution in [0.1, 0.15) is 67.9 Å². The zero-order chi connectivity index (χ0) is 21.8. The molecule has 0 spiro atoms. The molecule has 0 bridgehead atoms. The van der Waals surface area contributed by atoms with Crippen LogP contribution in [0.25, 0.3) is 0 Å². The first kappa shape index (κ1) is 29.7. The van der Waals surface area contributed by atoms with Gasteiger partial charge in [0.2, 0.25) is 5.91 Å². The molecule has 1 aromatic rings. The minimum atomic E-state index is -0.172. The number of aryl methyl sites for hydroxylation is 1. The molecule has 1 rings (SSSR count). The van der Waals surface area contributed by atoms with Crippen molar-refractivity contribution in [2.45, 2.75) is 68.7 Å². The number of nitrogens with one attached hydrogen (secondary N) is 2. The summed E-state index contributed by atoms with van der Waals surface area (Å²) in [5.41, 5.74) is 5.63. The standard InChI is InChI=1S/C10H17N3O.C8H9Cl.2C2H6/c1-7(2)6-10(14)11-9(5)13-12-8(3)4;1-2-7-4-3-5-8(9)6-7;2*1-2/h6,12H,3H2,1-2,4-5H3,(H,11,13,14);3-6H,2H2,1H3;2*1-2H3. The number of rotatable bonds is 4. The summed E-state index contributed by atoms with van der Waals surface area (Å²) in [5.74, 6) is 0.338. The first-order chi connectivity index (χ1) is 12.7. The molecule has 5 heteroatoms. The van der Waals surface area contributed by atoms with Gasteiger partial charge in [-0.15, -0.1) is 0 Å². The summed E-state index contributed by atoms with van der Waals surface area (Å²) in [5, 5.41) is 7.30. The second kappa shape index (κ2) is 20.2. The molecule has 0 aliphatic rings. The van der Waals surface area contributed by atoms with Gasteiger partial charge in [-0.05, 0) is 51.8 Å². The van der Waals surface area contributed by atoms with Crippen LogP contribution in [0.2, 0.25) is 5.02 Å². The molecule has 0 atom stereocenters. The third kappa shape index (κ3) is 21.9. The van der Waals surface area contributed by atoms with Crippen molar-refractivity contribution < 1.29 is 4.79 Å². The van der Waals surface area contributed by atoms with Gasteiger partial charge in [0, 0.05) is 16.8 Å². The van der Waals surface area contributed by atoms with E-state index in [1.807, 2.05) is 59.7 Å². The van der Waals surface area contributed by atoms with Crippen molar-refractivity contribution in [2.75, 3.05) is 0 Å². The van der Waals surface area contributed by atoms with Gasteiger partial charge in [0.1, 0.15) is 5.84 Å². The van der Waals surface area contributed by atoms with Crippen LogP contribution in [-0.2, 0) is 11.2 Å². The van der Waals surface area contributed by atoms with E-state index in [9.17, 15) is 4.79 Å². The second-order valence-corrected chi connectivity index (χ2v) is 5.72. The number of benzene rings is 1. The third-order valence-electron chi connectivity index (χ3n) is 2.44. The van der Waals surface area contributed by atoms with Crippen molar-refractivity contribution in [1.29, 1.82) is 0 Å². The minimum absolute atomic E-state index is 0.172. The Bertz CT molecular complexity index is 589. The number of carbonyl (C=O) groups is 1. The summed E-state index contributed by atoms with van der Waals surface area (Å²) in [4.78, 5) is 11.2. The van der Waals surface area contributed by atoms with E-state index in [-0.39, 0.29) is 5.91 Å². The van der Waals surface area contributed by atoms with Crippen LogP contribution >= 0.6 is 11.6 Å². The predicted octanol–water partition coefficient (Wildman–Crippen LogP) is 6.48. The molecule has 154 valence electrons. The van der Waals surface area contributed by atoms with Gasteiger partial charge >= 0.3 is 0 Å². The normalized spacial score (nSPS) is 9.04. The van der Waals surface area contributed by atoms with Gasteiger partial charge in [0.05, 0.1) is 0 Å². The Balaban J connectivity index is -0.000000379. The van der Waals surface area contributed by atoms with E-state index in [2.05, 4.69) is 35.4 Å². The van der Waals surface area contributed by atoms with Gasteiger partial charge in [0.15, 0.2) is 0 Å². The summed E-state index contributed by atoms with van der Waals surface area (Å²) in [6.45, 7) is 20.9. The van der Waals surface area contributed by atoms with Crippen molar-refractivity contribution >= 4 is 23.3 Å². The zero-order valence-electron chi connectivity index (χ0n) is 18.5. The largest absolute Gasteiger partial charge is 0.309 e. The van der Waals surface area contributed by atoms with Gasteiger partial charge in [-0.1, -0.05) is 70.5 Å². The van der Waals surface area contributed by atoms with Crippen molar-refractivity contribution in [1.82, 2.24) is 10.7 Å². The van der Waals surface area contributed by atoms with Crippen molar-refractivity contribution in [3.8, 4) is 0 Å². The van der Waals surface area contributed by atoms with Gasteiger partial charge in [0.25, 0.3) is 0 Å². The minimum Gasteiger partial charge on any atom is -0.309 e. The highest BCUT2D eigenvalue weighted by molar-refractivity contribution is 6.30. The molecule has 0 heterocycles. The molecule has 4 nitrogen and oxygen atoms in total. The van der Waals surface area contributed by atoms with E-state index in [1.54, 1.807) is 13.8 Å². The molecule has 0 aromatic heterocycles. The van der Waals surface area contributed by atoms with Crippen LogP contribution in [0.3, 0.4) is 0 Å². The first-order valence-corrected chi connectivity index (χ1v) is 9.78. The van der Waals surface area contributed by atoms with Gasteiger partial charge in [-0.3, -0.25) is 10.2 Å². The number of hydrogen-bond donors (Lipinski definition) is 2. The smallest absolute Gasteiger partial charge is 0.249 e. The number of allylic oxidation sites excluding steroid dienone is 2. The Morgan fingerprint density at radius 3 is 2.07 bits per heavy atom. The quantitative estimate of drug-likeness (QED) is 0.265. The molecule has 0 radical (unpaired) electrons. The Kier molecular flexibility index (Phi) is 22.3. The fraction of sp³-hybridized carbons (Fsp3) is 0.455. The first-order valence-electron chi connectivity index (χ1n) is 9.40. The lowest BCUT2D eigenvalue weighted by atomic mass is 10.2. The molecule has 1 amide bonds. The average molecular weight is 396 g/mol. The number of carbonyl (C=O) groups excluding carboxylic acids is 1. The topological polar surface area (TPSA) is 53.5 Å². The van der Waals surface area contributed by atoms with Crippen LogP contribution in [0.4, 0.5) is 0 Å². The number of amidine groups is 1. The molecule has 0 aliphatic carbocycles. The number of hydrazone groups is 1. The van der Waals surface area contributed by atoms with Gasteiger partial charge in [-0.25, -0.2) is 0 Å². The Hall–Kier alpha value is -2.07. The van der Waals surface area contributed by atoms with Crippen LogP contribution in [0, 0.1) is 0 Å². The molecule has 0 unspecified atom stereocenters. The number of nitrogens with zero attached hydrogens (tertiary/aromatic N) is 1. The van der Waals surface area contributed by atoms with Gasteiger partial charge in [-0.2, -0.15) is 5.10 Å². The maximum absolute atomic E-state index is 11.2. The lowest BCUT2D eigenvalue weighted by Gasteiger charge is -2.02. The lowest BCUT2D eigenvalue weighted by Crippen LogP contribution is -2.28. The highest BCUT2D eigenvalue weighted by Gasteiger charge is 1.97. The van der Waals surface area contributed by atoms with Crippen molar-refractivity contribution in [2.24, 2.45) is 5.10 Å². The summed E-state index contributed by atoms with van der Waals surface area (Å²) in [6.07, 6.45) is 2.57. The molecule has 0 aliphatic heterocycles. The maximum Gasteiger partial charge on any atom is 0.249 e. The van der Waals surface area contributed by atoms with E-state index < -0.39 is 0 Å². The van der Waals surface area contributed by atoms with Crippen LogP contribution < -0.4 is 10.7 Å². The highest BCUT2D eigenvalue weighted by Crippen LogP contribution is 2.10. The number of halogens is 1. The fourth-order valence-electron chi connectivity index (χ4n) is 1.44. The van der Waals surface area contributed by atoms with Crippen LogP contribution in [0.5, 0.6) is 0 Å². The Morgan fingerprint density at radius 1 is 1.15 bits per heavy atom. The lowest BCUT2D eigenvalue weighted by molar-refractivity contribution is -0.115. The van der Waals surface area contributed by atoms with Crippen molar-refractivity contribution in [3.05, 3.63) is 58.8 Å². The monoisotopic (exact) mass is 395 g/mol. The fourth-order valence-corrected chi connectivity index (χ4v) is 1.65. The van der Waals surface area contributed by atoms with Crippen LogP contribution in [-0.4, -0.2) is 11.7 Å². The van der Waals surface area contributed by atoms with E-state index >= 15 is 0 Å². The highest BCUT2D eigenvalue weighted by atomic mass is 35.5. The molecule has 0 saturated carbocycles. The molecule has 0 fully saturated rings. The summed E-state index contributed by atoms with van der Waals surface area (Å²) < 4.78 is 0. The van der Waals surface area contributed by atoms with E-state index in [0.29, 0.717) is 5.84 Å². The molecule has 2 N–H and O–H groups in total. The molecule has 0 saturated heterocycles. The van der Waals surface area contributed by atoms with Crippen LogP contribution in [0.15, 0.2) is 53.3 Å². The van der Waals surface area contributed by atoms with Gasteiger partial charge < -0.3 is 5.32 Å². The zero-order valence-corrected chi connectivity index (χ0v) is 19.3. The SMILES string of the molecule is C=C(C)N/N=C(\C)NC(=O)C=C(C)C.CC.CC.CCc1cccc(Cl)c1. The predicted molar refractivity (Wildman–Crippen MR) is 122 cm³/mol. The molecular weight excluding hydrogens is 358 g/mol. The second-order valence-electron chi connectivity index (χ2n) is 5.28.